The van der Waals surface area contributed by atoms with Crippen molar-refractivity contribution in [3.8, 4) is 28.8 Å². The zero-order valence-electron chi connectivity index (χ0n) is 17.5. The molecule has 1 amide bonds. The van der Waals surface area contributed by atoms with Gasteiger partial charge in [-0.2, -0.15) is 19.1 Å². The van der Waals surface area contributed by atoms with Gasteiger partial charge in [-0.05, 0) is 44.4 Å². The number of anilines is 1. The molecular weight excluding hydrogens is 420 g/mol. The molecule has 1 saturated carbocycles. The van der Waals surface area contributed by atoms with Crippen LogP contribution in [-0.2, 0) is 4.79 Å². The molecule has 3 aromatic rings. The molecule has 0 atom stereocenters. The standard InChI is InChI=1S/C22H21F2N5O3/c1-22(2,11-25)12-31-17-10-26-19(32-21(23)24)9-16(17)14-5-6-29-15(7-14)8-18(28-29)27-20(30)13-3-4-13/h5-10,13,21H,3-4,12H2,1-2H3,(H,27,28,30). The van der Waals surface area contributed by atoms with Crippen molar-refractivity contribution in [3.63, 3.8) is 0 Å². The summed E-state index contributed by atoms with van der Waals surface area (Å²) in [7, 11) is 0. The van der Waals surface area contributed by atoms with Crippen LogP contribution in [0.5, 0.6) is 11.6 Å². The third-order valence-electron chi connectivity index (χ3n) is 4.92. The van der Waals surface area contributed by atoms with E-state index in [1.165, 1.54) is 12.3 Å². The van der Waals surface area contributed by atoms with Crippen LogP contribution in [0.1, 0.15) is 26.7 Å². The van der Waals surface area contributed by atoms with Crippen LogP contribution in [0, 0.1) is 22.7 Å². The highest BCUT2D eigenvalue weighted by Gasteiger charge is 2.30. The molecule has 32 heavy (non-hydrogen) atoms. The molecule has 1 aliphatic rings. The molecule has 0 radical (unpaired) electrons. The number of fused-ring (bicyclic) bond motifs is 1. The molecule has 3 aromatic heterocycles. The minimum absolute atomic E-state index is 0.0488. The minimum atomic E-state index is -3.02. The number of carbonyl (C=O) groups excluding carboxylic acids is 1. The molecule has 4 rings (SSSR count). The van der Waals surface area contributed by atoms with E-state index in [0.717, 1.165) is 12.8 Å². The van der Waals surface area contributed by atoms with E-state index >= 15 is 0 Å². The molecule has 1 N–H and O–H groups in total. The minimum Gasteiger partial charge on any atom is -0.490 e. The van der Waals surface area contributed by atoms with E-state index in [1.807, 2.05) is 0 Å². The van der Waals surface area contributed by atoms with Crippen LogP contribution in [0.3, 0.4) is 0 Å². The highest BCUT2D eigenvalue weighted by atomic mass is 19.3. The summed E-state index contributed by atoms with van der Waals surface area (Å²) >= 11 is 0. The van der Waals surface area contributed by atoms with E-state index in [9.17, 15) is 18.8 Å². The van der Waals surface area contributed by atoms with Crippen LogP contribution < -0.4 is 14.8 Å². The maximum atomic E-state index is 12.7. The van der Waals surface area contributed by atoms with Crippen LogP contribution in [0.4, 0.5) is 14.6 Å². The van der Waals surface area contributed by atoms with Gasteiger partial charge in [0.2, 0.25) is 11.8 Å². The molecule has 0 aromatic carbocycles. The Bertz CT molecular complexity index is 1200. The van der Waals surface area contributed by atoms with E-state index in [-0.39, 0.29) is 24.3 Å². The third kappa shape index (κ3) is 4.94. The number of carbonyl (C=O) groups is 1. The Kier molecular flexibility index (Phi) is 5.65. The van der Waals surface area contributed by atoms with Gasteiger partial charge in [0, 0.05) is 29.8 Å². The fourth-order valence-electron chi connectivity index (χ4n) is 3.01. The number of hydrogen-bond donors (Lipinski definition) is 1. The number of ether oxygens (including phenoxy) is 2. The van der Waals surface area contributed by atoms with Crippen molar-refractivity contribution < 1.29 is 23.0 Å². The van der Waals surface area contributed by atoms with Gasteiger partial charge in [-0.15, -0.1) is 0 Å². The summed E-state index contributed by atoms with van der Waals surface area (Å²) in [6.45, 7) is 0.517. The first-order chi connectivity index (χ1) is 15.2. The van der Waals surface area contributed by atoms with Crippen molar-refractivity contribution in [2.24, 2.45) is 11.3 Å². The molecule has 0 aliphatic heterocycles. The van der Waals surface area contributed by atoms with Crippen molar-refractivity contribution >= 4 is 17.2 Å². The largest absolute Gasteiger partial charge is 0.490 e. The predicted octanol–water partition coefficient (Wildman–Crippen LogP) is 4.27. The molecular formula is C22H21F2N5O3. The summed E-state index contributed by atoms with van der Waals surface area (Å²) in [5.74, 6) is 0.502. The lowest BCUT2D eigenvalue weighted by Crippen LogP contribution is -2.19. The lowest BCUT2D eigenvalue weighted by molar-refractivity contribution is -0.117. The SMILES string of the molecule is CC(C)(C#N)COc1cnc(OC(F)F)cc1-c1ccn2nc(NC(=O)C3CC3)cc2c1. The number of nitriles is 1. The van der Waals surface area contributed by atoms with Crippen molar-refractivity contribution in [3.05, 3.63) is 36.7 Å². The van der Waals surface area contributed by atoms with Crippen molar-refractivity contribution in [1.82, 2.24) is 14.6 Å². The zero-order valence-corrected chi connectivity index (χ0v) is 17.5. The summed E-state index contributed by atoms with van der Waals surface area (Å²) < 4.78 is 37.3. The monoisotopic (exact) mass is 441 g/mol. The van der Waals surface area contributed by atoms with E-state index in [0.29, 0.717) is 28.2 Å². The van der Waals surface area contributed by atoms with Gasteiger partial charge in [0.1, 0.15) is 12.4 Å². The Hall–Kier alpha value is -3.74. The number of amides is 1. The second kappa shape index (κ2) is 8.42. The number of aromatic nitrogens is 3. The molecule has 1 aliphatic carbocycles. The van der Waals surface area contributed by atoms with Gasteiger partial charge in [0.15, 0.2) is 5.82 Å². The van der Waals surface area contributed by atoms with E-state index < -0.39 is 12.0 Å². The maximum Gasteiger partial charge on any atom is 0.388 e. The lowest BCUT2D eigenvalue weighted by Gasteiger charge is -2.18. The van der Waals surface area contributed by atoms with Crippen LogP contribution in [0.15, 0.2) is 36.7 Å². The highest BCUT2D eigenvalue weighted by Crippen LogP contribution is 2.35. The van der Waals surface area contributed by atoms with E-state index in [1.54, 1.807) is 42.8 Å². The van der Waals surface area contributed by atoms with Crippen molar-refractivity contribution in [2.45, 2.75) is 33.3 Å². The summed E-state index contributed by atoms with van der Waals surface area (Å²) in [5, 5.41) is 16.4. The van der Waals surface area contributed by atoms with Crippen LogP contribution in [0.2, 0.25) is 0 Å². The number of nitrogens with zero attached hydrogens (tertiary/aromatic N) is 4. The Morgan fingerprint density at radius 2 is 2.16 bits per heavy atom. The Balaban J connectivity index is 1.67. The smallest absolute Gasteiger partial charge is 0.388 e. The first-order valence-corrected chi connectivity index (χ1v) is 10.0. The van der Waals surface area contributed by atoms with Gasteiger partial charge in [-0.25, -0.2) is 9.50 Å². The number of hydrogen-bond acceptors (Lipinski definition) is 6. The fourth-order valence-corrected chi connectivity index (χ4v) is 3.01. The van der Waals surface area contributed by atoms with Gasteiger partial charge in [-0.3, -0.25) is 4.79 Å². The quantitative estimate of drug-likeness (QED) is 0.560. The van der Waals surface area contributed by atoms with Crippen LogP contribution in [0.25, 0.3) is 16.6 Å². The molecule has 0 spiro atoms. The number of halogens is 2. The van der Waals surface area contributed by atoms with Gasteiger partial charge in [0.25, 0.3) is 0 Å². The van der Waals surface area contributed by atoms with Crippen molar-refractivity contribution in [1.29, 1.82) is 5.26 Å². The van der Waals surface area contributed by atoms with Crippen LogP contribution in [-0.4, -0.2) is 33.7 Å². The fraction of sp³-hybridized carbons (Fsp3) is 0.364. The number of pyridine rings is 2. The zero-order chi connectivity index (χ0) is 22.9. The number of alkyl halides is 2. The topological polar surface area (TPSA) is 102 Å². The number of nitrogens with one attached hydrogen (secondary N) is 1. The van der Waals surface area contributed by atoms with E-state index in [4.69, 9.17) is 4.74 Å². The Morgan fingerprint density at radius 1 is 1.38 bits per heavy atom. The first-order valence-electron chi connectivity index (χ1n) is 10.0. The maximum absolute atomic E-state index is 12.7. The summed E-state index contributed by atoms with van der Waals surface area (Å²) in [5.41, 5.74) is 1.05. The third-order valence-corrected chi connectivity index (χ3v) is 4.92. The molecule has 1 fully saturated rings. The molecule has 0 bridgehead atoms. The number of rotatable bonds is 8. The molecule has 0 unspecified atom stereocenters. The second-order valence-electron chi connectivity index (χ2n) is 8.26. The average Bonchev–Trinajstić information content (AvgIpc) is 3.52. The Morgan fingerprint density at radius 3 is 2.84 bits per heavy atom. The molecule has 166 valence electrons. The van der Waals surface area contributed by atoms with Crippen LogP contribution >= 0.6 is 0 Å². The first kappa shape index (κ1) is 21.5. The summed E-state index contributed by atoms with van der Waals surface area (Å²) in [6.07, 6.45) is 4.76. The van der Waals surface area contributed by atoms with E-state index in [2.05, 4.69) is 26.2 Å². The molecule has 10 heteroatoms. The van der Waals surface area contributed by atoms with Gasteiger partial charge < -0.3 is 14.8 Å². The second-order valence-corrected chi connectivity index (χ2v) is 8.26. The molecule has 0 saturated heterocycles. The molecule has 8 nitrogen and oxygen atoms in total. The van der Waals surface area contributed by atoms with Gasteiger partial charge in [0.05, 0.1) is 23.2 Å². The van der Waals surface area contributed by atoms with Crippen molar-refractivity contribution in [2.75, 3.05) is 11.9 Å². The molecule has 3 heterocycles. The summed E-state index contributed by atoms with van der Waals surface area (Å²) in [6, 6.07) is 8.74. The summed E-state index contributed by atoms with van der Waals surface area (Å²) in [4.78, 5) is 15.9. The average molecular weight is 441 g/mol. The van der Waals surface area contributed by atoms with Gasteiger partial charge in [-0.1, -0.05) is 0 Å². The Labute approximate surface area is 182 Å². The predicted molar refractivity (Wildman–Crippen MR) is 111 cm³/mol. The normalized spacial score (nSPS) is 13.8. The highest BCUT2D eigenvalue weighted by molar-refractivity contribution is 5.93. The van der Waals surface area contributed by atoms with Gasteiger partial charge >= 0.3 is 6.61 Å². The lowest BCUT2D eigenvalue weighted by atomic mass is 9.97.